The van der Waals surface area contributed by atoms with Crippen LogP contribution in [0.3, 0.4) is 0 Å². The smallest absolute Gasteiger partial charge is 0.255 e. The van der Waals surface area contributed by atoms with Crippen LogP contribution in [0.5, 0.6) is 5.75 Å². The van der Waals surface area contributed by atoms with Crippen molar-refractivity contribution in [2.45, 2.75) is 32.7 Å². The summed E-state index contributed by atoms with van der Waals surface area (Å²) in [4.78, 5) is 12.7. The van der Waals surface area contributed by atoms with Crippen LogP contribution in [0, 0.1) is 11.3 Å². The number of pyridine rings is 1. The fourth-order valence-electron chi connectivity index (χ4n) is 2.45. The van der Waals surface area contributed by atoms with Crippen LogP contribution in [0.25, 0.3) is 11.3 Å². The van der Waals surface area contributed by atoms with E-state index >= 15 is 0 Å². The molecule has 2 aromatic rings. The fourth-order valence-corrected chi connectivity index (χ4v) is 2.45. The maximum absolute atomic E-state index is 12.7. The Morgan fingerprint density at radius 2 is 2.09 bits per heavy atom. The van der Waals surface area contributed by atoms with E-state index in [1.54, 1.807) is 17.7 Å². The molecule has 1 atom stereocenters. The molecule has 0 saturated carbocycles. The summed E-state index contributed by atoms with van der Waals surface area (Å²) in [6, 6.07) is 13.4. The molecule has 0 fully saturated rings. The van der Waals surface area contributed by atoms with Gasteiger partial charge in [-0.1, -0.05) is 25.1 Å². The molecule has 1 aromatic heterocycles. The number of ether oxygens (including phenoxy) is 1. The molecular weight excluding hydrogens is 276 g/mol. The van der Waals surface area contributed by atoms with Gasteiger partial charge in [0.05, 0.1) is 25.3 Å². The molecule has 1 unspecified atom stereocenters. The Kier molecular flexibility index (Phi) is 5.00. The summed E-state index contributed by atoms with van der Waals surface area (Å²) in [5, 5.41) is 8.87. The minimum Gasteiger partial charge on any atom is -0.497 e. The fraction of sp³-hybridized carbons (Fsp3) is 0.333. The molecule has 22 heavy (non-hydrogen) atoms. The molecule has 2 rings (SSSR count). The number of nitrogens with zero attached hydrogens (tertiary/aromatic N) is 2. The average Bonchev–Trinajstić information content (AvgIpc) is 2.56. The first-order chi connectivity index (χ1) is 10.6. The van der Waals surface area contributed by atoms with Gasteiger partial charge in [0.25, 0.3) is 5.56 Å². The van der Waals surface area contributed by atoms with Crippen LogP contribution in [0.1, 0.15) is 31.9 Å². The average molecular weight is 296 g/mol. The van der Waals surface area contributed by atoms with E-state index in [1.807, 2.05) is 44.2 Å². The SMILES string of the molecule is CCC(C)n1c(-c2cccc(OC)c2)ccc(CC#N)c1=O. The summed E-state index contributed by atoms with van der Waals surface area (Å²) in [5.41, 5.74) is 2.23. The molecule has 4 heteroatoms. The van der Waals surface area contributed by atoms with Crippen molar-refractivity contribution in [3.8, 4) is 23.1 Å². The van der Waals surface area contributed by atoms with Crippen molar-refractivity contribution in [3.63, 3.8) is 0 Å². The molecule has 0 amide bonds. The number of aromatic nitrogens is 1. The molecule has 0 radical (unpaired) electrons. The Bertz CT molecular complexity index is 756. The van der Waals surface area contributed by atoms with Crippen molar-refractivity contribution in [2.75, 3.05) is 7.11 Å². The second kappa shape index (κ2) is 6.95. The van der Waals surface area contributed by atoms with Crippen molar-refractivity contribution in [3.05, 3.63) is 52.3 Å². The summed E-state index contributed by atoms with van der Waals surface area (Å²) >= 11 is 0. The Morgan fingerprint density at radius 3 is 2.73 bits per heavy atom. The lowest BCUT2D eigenvalue weighted by Gasteiger charge is -2.20. The van der Waals surface area contributed by atoms with Gasteiger partial charge in [0.2, 0.25) is 0 Å². The molecule has 0 bridgehead atoms. The van der Waals surface area contributed by atoms with Crippen molar-refractivity contribution in [1.82, 2.24) is 4.57 Å². The van der Waals surface area contributed by atoms with Gasteiger partial charge in [-0.2, -0.15) is 5.26 Å². The van der Waals surface area contributed by atoms with Gasteiger partial charge in [-0.15, -0.1) is 0 Å². The predicted molar refractivity (Wildman–Crippen MR) is 87.0 cm³/mol. The molecule has 114 valence electrons. The minimum absolute atomic E-state index is 0.0624. The highest BCUT2D eigenvalue weighted by molar-refractivity contribution is 5.62. The number of hydrogen-bond donors (Lipinski definition) is 0. The van der Waals surface area contributed by atoms with Gasteiger partial charge in [0, 0.05) is 17.2 Å². The quantitative estimate of drug-likeness (QED) is 0.847. The zero-order valence-electron chi connectivity index (χ0n) is 13.2. The van der Waals surface area contributed by atoms with Crippen LogP contribution >= 0.6 is 0 Å². The van der Waals surface area contributed by atoms with Crippen molar-refractivity contribution >= 4 is 0 Å². The number of rotatable bonds is 5. The van der Waals surface area contributed by atoms with Crippen LogP contribution in [-0.2, 0) is 6.42 Å². The van der Waals surface area contributed by atoms with Gasteiger partial charge >= 0.3 is 0 Å². The Hall–Kier alpha value is -2.54. The van der Waals surface area contributed by atoms with Crippen molar-refractivity contribution < 1.29 is 4.74 Å². The van der Waals surface area contributed by atoms with Gasteiger partial charge in [-0.25, -0.2) is 0 Å². The van der Waals surface area contributed by atoms with Gasteiger partial charge in [-0.3, -0.25) is 4.79 Å². The molecule has 1 heterocycles. The van der Waals surface area contributed by atoms with E-state index in [0.29, 0.717) is 5.56 Å². The number of nitriles is 1. The first-order valence-corrected chi connectivity index (χ1v) is 7.38. The van der Waals surface area contributed by atoms with Gasteiger partial charge in [0.1, 0.15) is 5.75 Å². The molecular formula is C18H20N2O2. The van der Waals surface area contributed by atoms with Crippen LogP contribution < -0.4 is 10.3 Å². The molecule has 0 aliphatic rings. The lowest BCUT2D eigenvalue weighted by molar-refractivity contribution is 0.415. The van der Waals surface area contributed by atoms with E-state index in [0.717, 1.165) is 23.4 Å². The Labute approximate surface area is 130 Å². The third-order valence-corrected chi connectivity index (χ3v) is 3.86. The molecule has 0 spiro atoms. The summed E-state index contributed by atoms with van der Waals surface area (Å²) in [5.74, 6) is 0.752. The lowest BCUT2D eigenvalue weighted by atomic mass is 10.1. The standard InChI is InChI=1S/C18H20N2O2/c1-4-13(2)20-17(9-8-14(10-11-19)18(20)21)15-6-5-7-16(12-15)22-3/h5-9,12-13H,4,10H2,1-3H3. The summed E-state index contributed by atoms with van der Waals surface area (Å²) in [7, 11) is 1.62. The summed E-state index contributed by atoms with van der Waals surface area (Å²) < 4.78 is 7.04. The highest BCUT2D eigenvalue weighted by atomic mass is 16.5. The Balaban J connectivity index is 2.67. The zero-order chi connectivity index (χ0) is 16.1. The first-order valence-electron chi connectivity index (χ1n) is 7.38. The maximum Gasteiger partial charge on any atom is 0.255 e. The van der Waals surface area contributed by atoms with Gasteiger partial charge in [0.15, 0.2) is 0 Å². The van der Waals surface area contributed by atoms with Crippen LogP contribution in [0.4, 0.5) is 0 Å². The second-order valence-electron chi connectivity index (χ2n) is 5.24. The normalized spacial score (nSPS) is 11.7. The van der Waals surface area contributed by atoms with E-state index in [2.05, 4.69) is 6.07 Å². The van der Waals surface area contributed by atoms with E-state index in [9.17, 15) is 4.79 Å². The van der Waals surface area contributed by atoms with Crippen LogP contribution in [0.2, 0.25) is 0 Å². The maximum atomic E-state index is 12.7. The van der Waals surface area contributed by atoms with E-state index in [-0.39, 0.29) is 18.0 Å². The Morgan fingerprint density at radius 1 is 1.32 bits per heavy atom. The number of hydrogen-bond acceptors (Lipinski definition) is 3. The summed E-state index contributed by atoms with van der Waals surface area (Å²) in [6.45, 7) is 4.06. The van der Waals surface area contributed by atoms with Gasteiger partial charge in [-0.05, 0) is 31.5 Å². The predicted octanol–water partition coefficient (Wildman–Crippen LogP) is 3.56. The molecule has 0 aliphatic carbocycles. The minimum atomic E-state index is -0.0868. The highest BCUT2D eigenvalue weighted by Gasteiger charge is 2.14. The molecule has 1 aromatic carbocycles. The second-order valence-corrected chi connectivity index (χ2v) is 5.24. The third kappa shape index (κ3) is 3.04. The van der Waals surface area contributed by atoms with Crippen molar-refractivity contribution in [2.24, 2.45) is 0 Å². The molecule has 0 aliphatic heterocycles. The van der Waals surface area contributed by atoms with E-state index in [4.69, 9.17) is 10.00 Å². The molecule has 0 saturated heterocycles. The molecule has 4 nitrogen and oxygen atoms in total. The summed E-state index contributed by atoms with van der Waals surface area (Å²) in [6.07, 6.45) is 0.973. The van der Waals surface area contributed by atoms with Crippen molar-refractivity contribution in [1.29, 1.82) is 5.26 Å². The van der Waals surface area contributed by atoms with Crippen LogP contribution in [0.15, 0.2) is 41.2 Å². The number of methoxy groups -OCH3 is 1. The lowest BCUT2D eigenvalue weighted by Crippen LogP contribution is -2.27. The topological polar surface area (TPSA) is 55.0 Å². The molecule has 0 N–H and O–H groups in total. The van der Waals surface area contributed by atoms with E-state index < -0.39 is 0 Å². The largest absolute Gasteiger partial charge is 0.497 e. The highest BCUT2D eigenvalue weighted by Crippen LogP contribution is 2.26. The van der Waals surface area contributed by atoms with Gasteiger partial charge < -0.3 is 9.30 Å². The third-order valence-electron chi connectivity index (χ3n) is 3.86. The number of benzene rings is 1. The van der Waals surface area contributed by atoms with E-state index in [1.165, 1.54) is 0 Å². The first kappa shape index (κ1) is 15.8. The monoisotopic (exact) mass is 296 g/mol. The van der Waals surface area contributed by atoms with Crippen LogP contribution in [-0.4, -0.2) is 11.7 Å². The zero-order valence-corrected chi connectivity index (χ0v) is 13.2.